The lowest BCUT2D eigenvalue weighted by Gasteiger charge is -2.25. The normalized spacial score (nSPS) is 23.2. The van der Waals surface area contributed by atoms with Gasteiger partial charge >= 0.3 is 0 Å². The SMILES string of the molecule is CCC1NCN(C(CC)CC)C1=O. The summed E-state index contributed by atoms with van der Waals surface area (Å²) in [5.41, 5.74) is 0. The van der Waals surface area contributed by atoms with Gasteiger partial charge in [0, 0.05) is 6.04 Å². The van der Waals surface area contributed by atoms with E-state index in [9.17, 15) is 4.79 Å². The molecule has 1 saturated heterocycles. The topological polar surface area (TPSA) is 32.3 Å². The number of hydrogen-bond acceptors (Lipinski definition) is 2. The Morgan fingerprint density at radius 3 is 2.46 bits per heavy atom. The van der Waals surface area contributed by atoms with Gasteiger partial charge in [0.15, 0.2) is 0 Å². The van der Waals surface area contributed by atoms with Crippen LogP contribution in [0.4, 0.5) is 0 Å². The van der Waals surface area contributed by atoms with Crippen molar-refractivity contribution >= 4 is 5.91 Å². The van der Waals surface area contributed by atoms with E-state index in [1.165, 1.54) is 0 Å². The standard InChI is InChI=1S/C10H20N2O/c1-4-8(5-2)12-7-11-9(6-3)10(12)13/h8-9,11H,4-7H2,1-3H3. The Bertz CT molecular complexity index is 178. The third-order valence-electron chi connectivity index (χ3n) is 2.88. The van der Waals surface area contributed by atoms with E-state index < -0.39 is 0 Å². The summed E-state index contributed by atoms with van der Waals surface area (Å²) in [5.74, 6) is 0.288. The van der Waals surface area contributed by atoms with Crippen molar-refractivity contribution in [2.45, 2.75) is 52.1 Å². The quantitative estimate of drug-likeness (QED) is 0.715. The van der Waals surface area contributed by atoms with Crippen molar-refractivity contribution in [1.82, 2.24) is 10.2 Å². The van der Waals surface area contributed by atoms with Gasteiger partial charge in [-0.2, -0.15) is 0 Å². The van der Waals surface area contributed by atoms with E-state index in [2.05, 4.69) is 19.2 Å². The summed E-state index contributed by atoms with van der Waals surface area (Å²) in [4.78, 5) is 13.7. The van der Waals surface area contributed by atoms with Crippen LogP contribution in [0.3, 0.4) is 0 Å². The molecular weight excluding hydrogens is 164 g/mol. The van der Waals surface area contributed by atoms with Gasteiger partial charge in [-0.3, -0.25) is 10.1 Å². The summed E-state index contributed by atoms with van der Waals surface area (Å²) < 4.78 is 0. The number of nitrogens with zero attached hydrogens (tertiary/aromatic N) is 1. The molecule has 1 heterocycles. The van der Waals surface area contributed by atoms with Crippen molar-refractivity contribution < 1.29 is 4.79 Å². The van der Waals surface area contributed by atoms with Gasteiger partial charge in [-0.25, -0.2) is 0 Å². The summed E-state index contributed by atoms with van der Waals surface area (Å²) in [6.07, 6.45) is 3.01. The van der Waals surface area contributed by atoms with Gasteiger partial charge < -0.3 is 4.90 Å². The third-order valence-corrected chi connectivity index (χ3v) is 2.88. The minimum Gasteiger partial charge on any atom is -0.326 e. The fourth-order valence-corrected chi connectivity index (χ4v) is 1.93. The lowest BCUT2D eigenvalue weighted by atomic mass is 10.1. The molecule has 1 atom stereocenters. The molecule has 0 aromatic rings. The molecule has 13 heavy (non-hydrogen) atoms. The van der Waals surface area contributed by atoms with E-state index >= 15 is 0 Å². The molecule has 1 fully saturated rings. The summed E-state index contributed by atoms with van der Waals surface area (Å²) in [6, 6.07) is 0.497. The highest BCUT2D eigenvalue weighted by atomic mass is 16.2. The van der Waals surface area contributed by atoms with Gasteiger partial charge in [0.25, 0.3) is 0 Å². The summed E-state index contributed by atoms with van der Waals surface area (Å²) in [5, 5.41) is 3.23. The Kier molecular flexibility index (Phi) is 3.72. The molecular formula is C10H20N2O. The smallest absolute Gasteiger partial charge is 0.241 e. The number of amides is 1. The lowest BCUT2D eigenvalue weighted by molar-refractivity contribution is -0.131. The molecule has 0 aliphatic carbocycles. The Morgan fingerprint density at radius 2 is 2.08 bits per heavy atom. The average Bonchev–Trinajstić information content (AvgIpc) is 2.50. The maximum absolute atomic E-state index is 11.8. The molecule has 1 rings (SSSR count). The van der Waals surface area contributed by atoms with E-state index in [1.54, 1.807) is 0 Å². The van der Waals surface area contributed by atoms with Crippen molar-refractivity contribution in [2.24, 2.45) is 0 Å². The van der Waals surface area contributed by atoms with E-state index in [0.717, 1.165) is 25.9 Å². The third kappa shape index (κ3) is 2.02. The highest BCUT2D eigenvalue weighted by Crippen LogP contribution is 2.14. The molecule has 0 radical (unpaired) electrons. The maximum Gasteiger partial charge on any atom is 0.241 e. The average molecular weight is 184 g/mol. The van der Waals surface area contributed by atoms with E-state index in [4.69, 9.17) is 0 Å². The van der Waals surface area contributed by atoms with Crippen LogP contribution in [-0.2, 0) is 4.79 Å². The molecule has 1 unspecified atom stereocenters. The van der Waals surface area contributed by atoms with Crippen LogP contribution in [0, 0.1) is 0 Å². The van der Waals surface area contributed by atoms with Crippen LogP contribution in [0.2, 0.25) is 0 Å². The molecule has 3 nitrogen and oxygen atoms in total. The summed E-state index contributed by atoms with van der Waals surface area (Å²) in [7, 11) is 0. The largest absolute Gasteiger partial charge is 0.326 e. The van der Waals surface area contributed by atoms with Crippen LogP contribution in [0.25, 0.3) is 0 Å². The first-order chi connectivity index (χ1) is 6.24. The first kappa shape index (κ1) is 10.5. The Balaban J connectivity index is 2.57. The Labute approximate surface area is 80.5 Å². The molecule has 0 aromatic heterocycles. The predicted molar refractivity (Wildman–Crippen MR) is 53.3 cm³/mol. The van der Waals surface area contributed by atoms with Crippen LogP contribution in [0.15, 0.2) is 0 Å². The van der Waals surface area contributed by atoms with Crippen molar-refractivity contribution in [2.75, 3.05) is 6.67 Å². The second-order valence-corrected chi connectivity index (χ2v) is 3.60. The van der Waals surface area contributed by atoms with Crippen molar-refractivity contribution in [3.8, 4) is 0 Å². The van der Waals surface area contributed by atoms with Crippen molar-refractivity contribution in [3.63, 3.8) is 0 Å². The molecule has 0 aromatic carbocycles. The maximum atomic E-state index is 11.8. The molecule has 0 bridgehead atoms. The second-order valence-electron chi connectivity index (χ2n) is 3.60. The first-order valence-corrected chi connectivity index (χ1v) is 5.28. The number of nitrogens with one attached hydrogen (secondary N) is 1. The second kappa shape index (κ2) is 4.61. The van der Waals surface area contributed by atoms with Crippen LogP contribution >= 0.6 is 0 Å². The first-order valence-electron chi connectivity index (χ1n) is 5.28. The lowest BCUT2D eigenvalue weighted by Crippen LogP contribution is -2.37. The van der Waals surface area contributed by atoms with Gasteiger partial charge in [-0.1, -0.05) is 20.8 Å². The van der Waals surface area contributed by atoms with Crippen LogP contribution in [0.1, 0.15) is 40.0 Å². The molecule has 3 heteroatoms. The summed E-state index contributed by atoms with van der Waals surface area (Å²) in [6.45, 7) is 7.07. The van der Waals surface area contributed by atoms with Gasteiger partial charge in [0.05, 0.1) is 12.7 Å². The van der Waals surface area contributed by atoms with E-state index in [1.807, 2.05) is 11.8 Å². The molecule has 1 N–H and O–H groups in total. The van der Waals surface area contributed by atoms with Gasteiger partial charge in [0.1, 0.15) is 0 Å². The zero-order valence-corrected chi connectivity index (χ0v) is 8.84. The van der Waals surface area contributed by atoms with E-state index in [-0.39, 0.29) is 11.9 Å². The summed E-state index contributed by atoms with van der Waals surface area (Å²) >= 11 is 0. The zero-order valence-electron chi connectivity index (χ0n) is 8.84. The van der Waals surface area contributed by atoms with Crippen LogP contribution < -0.4 is 5.32 Å². The monoisotopic (exact) mass is 184 g/mol. The Hall–Kier alpha value is -0.570. The van der Waals surface area contributed by atoms with Crippen molar-refractivity contribution in [1.29, 1.82) is 0 Å². The van der Waals surface area contributed by atoms with Gasteiger partial charge in [-0.15, -0.1) is 0 Å². The number of carbonyl (C=O) groups excluding carboxylic acids is 1. The van der Waals surface area contributed by atoms with Crippen LogP contribution in [0.5, 0.6) is 0 Å². The molecule has 1 aliphatic heterocycles. The molecule has 0 saturated carbocycles. The highest BCUT2D eigenvalue weighted by molar-refractivity contribution is 5.83. The molecule has 76 valence electrons. The minimum absolute atomic E-state index is 0.0700. The number of hydrogen-bond donors (Lipinski definition) is 1. The van der Waals surface area contributed by atoms with Crippen LogP contribution in [-0.4, -0.2) is 29.6 Å². The van der Waals surface area contributed by atoms with E-state index in [0.29, 0.717) is 6.04 Å². The molecule has 1 amide bonds. The number of carbonyl (C=O) groups is 1. The zero-order chi connectivity index (χ0) is 9.84. The highest BCUT2D eigenvalue weighted by Gasteiger charge is 2.32. The van der Waals surface area contributed by atoms with Gasteiger partial charge in [-0.05, 0) is 19.3 Å². The van der Waals surface area contributed by atoms with Crippen molar-refractivity contribution in [3.05, 3.63) is 0 Å². The minimum atomic E-state index is 0.0700. The predicted octanol–water partition coefficient (Wildman–Crippen LogP) is 1.34. The fourth-order valence-electron chi connectivity index (χ4n) is 1.93. The van der Waals surface area contributed by atoms with Gasteiger partial charge in [0.2, 0.25) is 5.91 Å². The Morgan fingerprint density at radius 1 is 1.46 bits per heavy atom. The number of rotatable bonds is 4. The molecule has 0 spiro atoms. The fraction of sp³-hybridized carbons (Fsp3) is 0.900. The molecule has 1 aliphatic rings.